The van der Waals surface area contributed by atoms with Crippen molar-refractivity contribution in [3.8, 4) is 0 Å². The van der Waals surface area contributed by atoms with Crippen molar-refractivity contribution in [1.82, 2.24) is 9.71 Å². The third kappa shape index (κ3) is 7.34. The van der Waals surface area contributed by atoms with Crippen molar-refractivity contribution >= 4 is 21.6 Å². The molecule has 0 amide bonds. The molecule has 8 heteroatoms. The first-order valence-electron chi connectivity index (χ1n) is 10.5. The van der Waals surface area contributed by atoms with Gasteiger partial charge in [0.15, 0.2) is 0 Å². The van der Waals surface area contributed by atoms with Crippen molar-refractivity contribution in [2.24, 2.45) is 0 Å². The highest BCUT2D eigenvalue weighted by atomic mass is 32.2. The number of rotatable bonds is 11. The van der Waals surface area contributed by atoms with Crippen LogP contribution in [0.2, 0.25) is 0 Å². The van der Waals surface area contributed by atoms with Gasteiger partial charge in [-0.1, -0.05) is 36.4 Å². The van der Waals surface area contributed by atoms with E-state index in [2.05, 4.69) is 9.71 Å². The minimum absolute atomic E-state index is 0.0146. The van der Waals surface area contributed by atoms with Crippen LogP contribution in [-0.4, -0.2) is 31.0 Å². The predicted molar refractivity (Wildman–Crippen MR) is 125 cm³/mol. The number of nitrogens with zero attached hydrogens (tertiary/aromatic N) is 1. The second-order valence-electron chi connectivity index (χ2n) is 7.45. The Bertz CT molecular complexity index is 1210. The molecular weight excluding hydrogens is 443 g/mol. The molecule has 0 spiro atoms. The van der Waals surface area contributed by atoms with Gasteiger partial charge in [-0.25, -0.2) is 17.5 Å². The predicted octanol–water partition coefficient (Wildman–Crippen LogP) is 4.43. The van der Waals surface area contributed by atoms with Gasteiger partial charge in [-0.2, -0.15) is 0 Å². The van der Waals surface area contributed by atoms with E-state index in [1.54, 1.807) is 12.4 Å². The number of sulfonamides is 1. The lowest BCUT2D eigenvalue weighted by Gasteiger charge is -2.11. The molecule has 33 heavy (non-hydrogen) atoms. The number of benzene rings is 2. The Labute approximate surface area is 192 Å². The first kappa shape index (κ1) is 24.3. The molecule has 0 aliphatic carbocycles. The fourth-order valence-corrected chi connectivity index (χ4v) is 4.38. The summed E-state index contributed by atoms with van der Waals surface area (Å²) in [6.07, 6.45) is 7.17. The number of carboxylic acids is 1. The summed E-state index contributed by atoms with van der Waals surface area (Å²) in [5.41, 5.74) is 3.75. The summed E-state index contributed by atoms with van der Waals surface area (Å²) in [7, 11) is -3.72. The monoisotopic (exact) mass is 468 g/mol. The second kappa shape index (κ2) is 11.5. The zero-order chi connectivity index (χ0) is 23.7. The van der Waals surface area contributed by atoms with Crippen molar-refractivity contribution in [2.75, 3.05) is 6.54 Å². The number of unbranched alkanes of at least 4 members (excludes halogenated alkanes) is 1. The minimum atomic E-state index is -3.72. The van der Waals surface area contributed by atoms with Crippen molar-refractivity contribution in [3.63, 3.8) is 0 Å². The molecule has 172 valence electrons. The number of pyridine rings is 1. The average Bonchev–Trinajstić information content (AvgIpc) is 2.80. The Hall–Kier alpha value is -3.36. The molecule has 0 saturated heterocycles. The number of aliphatic carboxylic acids is 1. The topological polar surface area (TPSA) is 96.4 Å². The summed E-state index contributed by atoms with van der Waals surface area (Å²) in [4.78, 5) is 15.0. The second-order valence-corrected chi connectivity index (χ2v) is 9.21. The molecule has 0 aliphatic rings. The molecule has 1 aromatic heterocycles. The van der Waals surface area contributed by atoms with Gasteiger partial charge in [-0.15, -0.1) is 0 Å². The Kier molecular flexibility index (Phi) is 8.46. The maximum Gasteiger partial charge on any atom is 0.303 e. The fraction of sp³-hybridized carbons (Fsp3) is 0.200. The minimum Gasteiger partial charge on any atom is -0.481 e. The lowest BCUT2D eigenvalue weighted by atomic mass is 9.95. The van der Waals surface area contributed by atoms with E-state index in [0.717, 1.165) is 34.4 Å². The molecule has 2 aromatic carbocycles. The number of halogens is 1. The van der Waals surface area contributed by atoms with Gasteiger partial charge in [0.05, 0.1) is 4.90 Å². The van der Waals surface area contributed by atoms with E-state index in [1.807, 2.05) is 42.5 Å². The van der Waals surface area contributed by atoms with Crippen LogP contribution in [0.5, 0.6) is 0 Å². The third-order valence-electron chi connectivity index (χ3n) is 4.98. The van der Waals surface area contributed by atoms with E-state index in [4.69, 9.17) is 5.11 Å². The number of carboxylic acid groups (broad SMARTS) is 1. The molecule has 0 atom stereocenters. The first-order chi connectivity index (χ1) is 15.8. The van der Waals surface area contributed by atoms with Crippen LogP contribution in [0.15, 0.2) is 84.0 Å². The molecule has 0 saturated carbocycles. The fourth-order valence-electron chi connectivity index (χ4n) is 3.35. The summed E-state index contributed by atoms with van der Waals surface area (Å²) in [6.45, 7) is 0.188. The van der Waals surface area contributed by atoms with E-state index in [-0.39, 0.29) is 17.9 Å². The zero-order valence-corrected chi connectivity index (χ0v) is 18.8. The summed E-state index contributed by atoms with van der Waals surface area (Å²) in [5.74, 6) is -1.32. The van der Waals surface area contributed by atoms with Gasteiger partial charge in [-0.3, -0.25) is 9.78 Å². The number of aromatic nitrogens is 1. The Morgan fingerprint density at radius 1 is 1.06 bits per heavy atom. The highest BCUT2D eigenvalue weighted by Gasteiger charge is 2.13. The maximum atomic E-state index is 13.1. The molecule has 3 rings (SSSR count). The van der Waals surface area contributed by atoms with E-state index in [9.17, 15) is 17.6 Å². The van der Waals surface area contributed by atoms with E-state index in [0.29, 0.717) is 19.3 Å². The number of carbonyl (C=O) groups is 1. The van der Waals surface area contributed by atoms with Crippen molar-refractivity contribution < 1.29 is 22.7 Å². The first-order valence-corrected chi connectivity index (χ1v) is 12.0. The molecule has 6 nitrogen and oxygen atoms in total. The van der Waals surface area contributed by atoms with Crippen LogP contribution in [0, 0.1) is 5.82 Å². The standard InChI is InChI=1S/C25H25FN2O4S/c26-22-10-12-23(13-11-22)33(31,32)28-16-14-19-5-3-6-20(17-19)24(8-1-2-9-25(29)30)21-7-4-15-27-18-21/h3-8,10-13,15,17-18,28H,1-2,9,14,16H2,(H,29,30)/b24-8+. The van der Waals surface area contributed by atoms with Gasteiger partial charge in [0.1, 0.15) is 5.82 Å². The van der Waals surface area contributed by atoms with Crippen LogP contribution in [0.1, 0.15) is 36.0 Å². The van der Waals surface area contributed by atoms with Gasteiger partial charge < -0.3 is 5.11 Å². The number of nitrogens with one attached hydrogen (secondary N) is 1. The van der Waals surface area contributed by atoms with E-state index >= 15 is 0 Å². The number of allylic oxidation sites excluding steroid dienone is 1. The van der Waals surface area contributed by atoms with Crippen molar-refractivity contribution in [2.45, 2.75) is 30.6 Å². The Balaban J connectivity index is 1.72. The van der Waals surface area contributed by atoms with E-state index < -0.39 is 21.8 Å². The molecule has 2 N–H and O–H groups in total. The van der Waals surface area contributed by atoms with Crippen molar-refractivity contribution in [1.29, 1.82) is 0 Å². The Morgan fingerprint density at radius 3 is 2.52 bits per heavy atom. The van der Waals surface area contributed by atoms with Crippen LogP contribution in [0.3, 0.4) is 0 Å². The average molecular weight is 469 g/mol. The van der Waals surface area contributed by atoms with Crippen LogP contribution < -0.4 is 4.72 Å². The molecule has 0 aliphatic heterocycles. The van der Waals surface area contributed by atoms with Crippen LogP contribution in [0.4, 0.5) is 4.39 Å². The van der Waals surface area contributed by atoms with Crippen LogP contribution >= 0.6 is 0 Å². The summed E-state index contributed by atoms with van der Waals surface area (Å²) < 4.78 is 40.4. The largest absolute Gasteiger partial charge is 0.481 e. The smallest absolute Gasteiger partial charge is 0.303 e. The zero-order valence-electron chi connectivity index (χ0n) is 17.9. The van der Waals surface area contributed by atoms with Gasteiger partial charge in [-0.05, 0) is 66.3 Å². The lowest BCUT2D eigenvalue weighted by Crippen LogP contribution is -2.26. The quantitative estimate of drug-likeness (QED) is 0.406. The molecule has 1 heterocycles. The Morgan fingerprint density at radius 2 is 1.82 bits per heavy atom. The van der Waals surface area contributed by atoms with Gasteiger partial charge in [0, 0.05) is 30.9 Å². The van der Waals surface area contributed by atoms with Crippen LogP contribution in [0.25, 0.3) is 5.57 Å². The van der Waals surface area contributed by atoms with Crippen molar-refractivity contribution in [3.05, 3.63) is 102 Å². The molecule has 0 radical (unpaired) electrons. The number of hydrogen-bond donors (Lipinski definition) is 2. The van der Waals surface area contributed by atoms with Gasteiger partial charge in [0.25, 0.3) is 0 Å². The van der Waals surface area contributed by atoms with Gasteiger partial charge in [0.2, 0.25) is 10.0 Å². The third-order valence-corrected chi connectivity index (χ3v) is 6.46. The maximum absolute atomic E-state index is 13.1. The molecule has 0 bridgehead atoms. The summed E-state index contributed by atoms with van der Waals surface area (Å²) >= 11 is 0. The SMILES string of the molecule is O=C(O)CCC/C=C(/c1cccnc1)c1cccc(CCNS(=O)(=O)c2ccc(F)cc2)c1. The van der Waals surface area contributed by atoms with Gasteiger partial charge >= 0.3 is 5.97 Å². The summed E-state index contributed by atoms with van der Waals surface area (Å²) in [5, 5.41) is 8.88. The number of hydrogen-bond acceptors (Lipinski definition) is 4. The molecule has 3 aromatic rings. The molecule has 0 fully saturated rings. The normalized spacial score (nSPS) is 12.0. The van der Waals surface area contributed by atoms with Crippen LogP contribution in [-0.2, 0) is 21.2 Å². The molecule has 0 unspecified atom stereocenters. The lowest BCUT2D eigenvalue weighted by molar-refractivity contribution is -0.137. The molecular formula is C25H25FN2O4S. The highest BCUT2D eigenvalue weighted by molar-refractivity contribution is 7.89. The highest BCUT2D eigenvalue weighted by Crippen LogP contribution is 2.25. The summed E-state index contributed by atoms with van der Waals surface area (Å²) in [6, 6.07) is 16.2. The van der Waals surface area contributed by atoms with E-state index in [1.165, 1.54) is 12.1 Å².